The molecule has 2 N–H and O–H groups in total. The summed E-state index contributed by atoms with van der Waals surface area (Å²) in [5.41, 5.74) is 0.638. The molecule has 32 heavy (non-hydrogen) atoms. The van der Waals surface area contributed by atoms with Crippen molar-refractivity contribution < 1.29 is 33.0 Å². The van der Waals surface area contributed by atoms with E-state index in [1.54, 1.807) is 19.1 Å². The van der Waals surface area contributed by atoms with E-state index in [0.717, 1.165) is 16.0 Å². The van der Waals surface area contributed by atoms with Crippen LogP contribution in [0, 0.1) is 0 Å². The van der Waals surface area contributed by atoms with Crippen molar-refractivity contribution in [2.45, 2.75) is 44.6 Å². The minimum Gasteiger partial charge on any atom is -0.435 e. The van der Waals surface area contributed by atoms with Gasteiger partial charge in [-0.15, -0.1) is 0 Å². The summed E-state index contributed by atoms with van der Waals surface area (Å²) in [6.45, 7) is -1.14. The van der Waals surface area contributed by atoms with Gasteiger partial charge in [0.05, 0.1) is 25.9 Å². The Morgan fingerprint density at radius 1 is 1.06 bits per heavy atom. The number of aliphatic hydroxyl groups is 1. The molecular formula is C23H26F2N2O5. The van der Waals surface area contributed by atoms with Crippen LogP contribution in [0.2, 0.25) is 0 Å². The van der Waals surface area contributed by atoms with Crippen LogP contribution in [-0.2, 0) is 22.6 Å². The highest BCUT2D eigenvalue weighted by Crippen LogP contribution is 2.24. The molecule has 2 aromatic rings. The summed E-state index contributed by atoms with van der Waals surface area (Å²) in [6.07, 6.45) is -0.268. The molecule has 9 heteroatoms. The molecule has 2 aromatic carbocycles. The van der Waals surface area contributed by atoms with Crippen molar-refractivity contribution in [3.05, 3.63) is 65.7 Å². The van der Waals surface area contributed by atoms with Crippen molar-refractivity contribution in [1.82, 2.24) is 10.2 Å². The molecule has 1 saturated heterocycles. The average Bonchev–Trinajstić information content (AvgIpc) is 2.97. The van der Waals surface area contributed by atoms with E-state index in [9.17, 15) is 23.5 Å². The first-order valence-corrected chi connectivity index (χ1v) is 10.2. The third kappa shape index (κ3) is 6.24. The van der Waals surface area contributed by atoms with Gasteiger partial charge in [-0.1, -0.05) is 42.5 Å². The number of nitrogens with zero attached hydrogens (tertiary/aromatic N) is 1. The zero-order valence-electron chi connectivity index (χ0n) is 17.7. The lowest BCUT2D eigenvalue weighted by molar-refractivity contribution is -0.132. The molecule has 1 aliphatic heterocycles. The van der Waals surface area contributed by atoms with E-state index < -0.39 is 30.2 Å². The van der Waals surface area contributed by atoms with Gasteiger partial charge in [0.15, 0.2) is 0 Å². The van der Waals surface area contributed by atoms with Crippen LogP contribution in [0.1, 0.15) is 24.5 Å². The number of halogens is 2. The molecule has 7 nitrogen and oxygen atoms in total. The number of β-amino-alcohol motifs (C(OH)–C–C–N with tert-alkyl or cyclic N) is 1. The van der Waals surface area contributed by atoms with E-state index >= 15 is 0 Å². The van der Waals surface area contributed by atoms with Crippen LogP contribution in [0.4, 0.5) is 13.6 Å². The molecule has 2 unspecified atom stereocenters. The average molecular weight is 448 g/mol. The summed E-state index contributed by atoms with van der Waals surface area (Å²) in [6, 6.07) is 15.0. The molecule has 172 valence electrons. The highest BCUT2D eigenvalue weighted by molar-refractivity contribution is 6.06. The van der Waals surface area contributed by atoms with Crippen LogP contribution in [0.25, 0.3) is 0 Å². The summed E-state index contributed by atoms with van der Waals surface area (Å²) in [5.74, 6) is -0.378. The Morgan fingerprint density at radius 2 is 1.75 bits per heavy atom. The highest BCUT2D eigenvalue weighted by Gasteiger charge is 2.47. The number of benzene rings is 2. The fourth-order valence-electron chi connectivity index (χ4n) is 3.46. The molecule has 0 aromatic heterocycles. The van der Waals surface area contributed by atoms with Gasteiger partial charge in [0.1, 0.15) is 11.3 Å². The number of urea groups is 1. The third-order valence-electron chi connectivity index (χ3n) is 5.22. The lowest BCUT2D eigenvalue weighted by Crippen LogP contribution is -2.45. The fraction of sp³-hybridized carbons (Fsp3) is 0.391. The highest BCUT2D eigenvalue weighted by atomic mass is 19.3. The fourth-order valence-corrected chi connectivity index (χ4v) is 3.46. The predicted molar refractivity (Wildman–Crippen MR) is 112 cm³/mol. The van der Waals surface area contributed by atoms with Gasteiger partial charge in [0, 0.05) is 0 Å². The van der Waals surface area contributed by atoms with Gasteiger partial charge in [-0.3, -0.25) is 9.69 Å². The third-order valence-corrected chi connectivity index (χ3v) is 5.22. The number of imide groups is 1. The van der Waals surface area contributed by atoms with E-state index in [4.69, 9.17) is 4.74 Å². The first-order chi connectivity index (χ1) is 15.3. The summed E-state index contributed by atoms with van der Waals surface area (Å²) < 4.78 is 34.3. The number of carbonyl (C=O) groups excluding carboxylic acids is 2. The molecule has 1 aliphatic rings. The molecule has 0 radical (unpaired) electrons. The number of aliphatic hydroxyl groups excluding tert-OH is 1. The Balaban J connectivity index is 1.49. The van der Waals surface area contributed by atoms with Gasteiger partial charge in [0.25, 0.3) is 5.91 Å². The maximum atomic E-state index is 12.9. The van der Waals surface area contributed by atoms with Gasteiger partial charge >= 0.3 is 12.6 Å². The zero-order chi connectivity index (χ0) is 23.1. The molecule has 0 spiro atoms. The van der Waals surface area contributed by atoms with Crippen LogP contribution in [0.5, 0.6) is 5.75 Å². The van der Waals surface area contributed by atoms with E-state index in [0.29, 0.717) is 19.4 Å². The van der Waals surface area contributed by atoms with Crippen LogP contribution in [0.3, 0.4) is 0 Å². The molecule has 3 amide bonds. The van der Waals surface area contributed by atoms with Crippen molar-refractivity contribution >= 4 is 11.9 Å². The molecule has 0 saturated carbocycles. The Hall–Kier alpha value is -3.04. The van der Waals surface area contributed by atoms with Crippen molar-refractivity contribution in [2.75, 3.05) is 13.2 Å². The molecule has 2 atom stereocenters. The van der Waals surface area contributed by atoms with E-state index in [1.807, 2.05) is 30.3 Å². The Morgan fingerprint density at radius 3 is 2.41 bits per heavy atom. The van der Waals surface area contributed by atoms with Gasteiger partial charge in [-0.25, -0.2) is 4.79 Å². The maximum absolute atomic E-state index is 12.9. The monoisotopic (exact) mass is 448 g/mol. The Kier molecular flexibility index (Phi) is 7.76. The van der Waals surface area contributed by atoms with E-state index in [1.165, 1.54) is 12.1 Å². The minimum absolute atomic E-state index is 0.0181. The second-order valence-corrected chi connectivity index (χ2v) is 7.86. The molecular weight excluding hydrogens is 422 g/mol. The summed E-state index contributed by atoms with van der Waals surface area (Å²) in [4.78, 5) is 26.2. The zero-order valence-corrected chi connectivity index (χ0v) is 17.7. The smallest absolute Gasteiger partial charge is 0.387 e. The second-order valence-electron chi connectivity index (χ2n) is 7.86. The Labute approximate surface area is 184 Å². The molecule has 3 rings (SSSR count). The number of alkyl halides is 2. The van der Waals surface area contributed by atoms with Gasteiger partial charge in [-0.2, -0.15) is 8.78 Å². The van der Waals surface area contributed by atoms with Crippen LogP contribution in [0.15, 0.2) is 54.6 Å². The summed E-state index contributed by atoms with van der Waals surface area (Å²) in [7, 11) is 0. The van der Waals surface area contributed by atoms with E-state index in [2.05, 4.69) is 10.1 Å². The summed E-state index contributed by atoms with van der Waals surface area (Å²) in [5, 5.41) is 12.9. The predicted octanol–water partition coefficient (Wildman–Crippen LogP) is 3.11. The number of hydrogen-bond donors (Lipinski definition) is 2. The number of nitrogens with one attached hydrogen (secondary N) is 1. The van der Waals surface area contributed by atoms with Gasteiger partial charge in [-0.05, 0) is 43.0 Å². The molecule has 1 fully saturated rings. The van der Waals surface area contributed by atoms with Crippen LogP contribution < -0.4 is 10.1 Å². The normalized spacial score (nSPS) is 19.3. The number of amides is 3. The van der Waals surface area contributed by atoms with Crippen molar-refractivity contribution in [2.24, 2.45) is 0 Å². The van der Waals surface area contributed by atoms with Crippen molar-refractivity contribution in [1.29, 1.82) is 0 Å². The number of carbonyl (C=O) groups is 2. The molecule has 1 heterocycles. The van der Waals surface area contributed by atoms with Gasteiger partial charge in [0.2, 0.25) is 0 Å². The largest absolute Gasteiger partial charge is 0.435 e. The number of rotatable bonds is 11. The SMILES string of the molecule is CC1(CCc2ccc(OC(F)F)cc2)NC(=O)N(CC(O)COCc2ccccc2)C1=O. The van der Waals surface area contributed by atoms with E-state index in [-0.39, 0.29) is 18.9 Å². The quantitative estimate of drug-likeness (QED) is 0.516. The summed E-state index contributed by atoms with van der Waals surface area (Å²) >= 11 is 0. The lowest BCUT2D eigenvalue weighted by atomic mass is 9.93. The number of ether oxygens (including phenoxy) is 2. The molecule has 0 bridgehead atoms. The maximum Gasteiger partial charge on any atom is 0.387 e. The lowest BCUT2D eigenvalue weighted by Gasteiger charge is -2.22. The Bertz CT molecular complexity index is 910. The number of hydrogen-bond acceptors (Lipinski definition) is 5. The first kappa shape index (κ1) is 23.6. The van der Waals surface area contributed by atoms with Crippen LogP contribution in [-0.4, -0.2) is 53.4 Å². The van der Waals surface area contributed by atoms with Crippen LogP contribution >= 0.6 is 0 Å². The first-order valence-electron chi connectivity index (χ1n) is 10.2. The second kappa shape index (κ2) is 10.5. The topological polar surface area (TPSA) is 88.1 Å². The molecule has 0 aliphatic carbocycles. The van der Waals surface area contributed by atoms with Crippen molar-refractivity contribution in [3.8, 4) is 5.75 Å². The number of aryl methyl sites for hydroxylation is 1. The van der Waals surface area contributed by atoms with Crippen molar-refractivity contribution in [3.63, 3.8) is 0 Å². The standard InChI is InChI=1S/C23H26F2N2O5/c1-23(12-11-16-7-9-19(10-8-16)32-21(24)25)20(29)27(22(30)26-23)13-18(28)15-31-14-17-5-3-2-4-6-17/h2-10,18,21,28H,11-15H2,1H3,(H,26,30). The van der Waals surface area contributed by atoms with Gasteiger partial charge < -0.3 is 19.9 Å². The minimum atomic E-state index is -2.89.